The number of aliphatic hydroxyl groups excluding tert-OH is 1. The van der Waals surface area contributed by atoms with Crippen LogP contribution in [0.5, 0.6) is 0 Å². The topological polar surface area (TPSA) is 80.7 Å². The minimum Gasteiger partial charge on any atom is -0.449 e. The van der Waals surface area contributed by atoms with Gasteiger partial charge < -0.3 is 9.84 Å². The van der Waals surface area contributed by atoms with Crippen LogP contribution in [-0.4, -0.2) is 51.5 Å². The van der Waals surface area contributed by atoms with Crippen molar-refractivity contribution in [1.82, 2.24) is 0 Å². The van der Waals surface area contributed by atoms with Crippen LogP contribution in [0.4, 0.5) is 13.2 Å². The number of aliphatic hydroxyl groups is 1. The fourth-order valence-corrected chi connectivity index (χ4v) is 8.34. The third-order valence-electron chi connectivity index (χ3n) is 9.01. The van der Waals surface area contributed by atoms with Gasteiger partial charge in [-0.05, 0) is 61.6 Å². The van der Waals surface area contributed by atoms with Crippen LogP contribution in [0, 0.1) is 28.6 Å². The molecular formula is C25H31F3O5S. The average molecular weight is 506 g/mol. The van der Waals surface area contributed by atoms with Gasteiger partial charge in [0.1, 0.15) is 12.2 Å². The fourth-order valence-electron chi connectivity index (χ4n) is 7.55. The molecule has 0 spiro atoms. The van der Waals surface area contributed by atoms with Crippen molar-refractivity contribution in [3.63, 3.8) is 0 Å². The van der Waals surface area contributed by atoms with Crippen molar-refractivity contribution in [3.8, 4) is 0 Å². The molecule has 4 aliphatic carbocycles. The first-order valence-corrected chi connectivity index (χ1v) is 12.2. The molecule has 34 heavy (non-hydrogen) atoms. The molecule has 0 aliphatic heterocycles. The third kappa shape index (κ3) is 3.01. The highest BCUT2D eigenvalue weighted by atomic mass is 32.2. The summed E-state index contributed by atoms with van der Waals surface area (Å²) < 4.78 is 90.0. The molecule has 0 saturated heterocycles. The summed E-state index contributed by atoms with van der Waals surface area (Å²) in [6.07, 6.45) is -4.77. The average Bonchev–Trinajstić information content (AvgIpc) is 3.03. The lowest BCUT2D eigenvalue weighted by molar-refractivity contribution is -0.228. The van der Waals surface area contributed by atoms with Crippen molar-refractivity contribution in [1.29, 1.82) is 0 Å². The summed E-state index contributed by atoms with van der Waals surface area (Å²) in [6, 6.07) is -1.24. The Bertz CT molecular complexity index is 1160. The monoisotopic (exact) mass is 505 g/mol. The van der Waals surface area contributed by atoms with E-state index in [4.69, 9.17) is 11.6 Å². The van der Waals surface area contributed by atoms with Crippen molar-refractivity contribution in [3.05, 3.63) is 23.8 Å². The molecule has 9 heteroatoms. The van der Waals surface area contributed by atoms with E-state index in [0.717, 1.165) is 12.2 Å². The molecule has 0 heterocycles. The Balaban J connectivity index is 1.87. The number of ether oxygens (including phenoxy) is 1. The van der Waals surface area contributed by atoms with E-state index in [2.05, 4.69) is 0 Å². The van der Waals surface area contributed by atoms with Gasteiger partial charge in [-0.2, -0.15) is 0 Å². The molecule has 3 fully saturated rings. The Hall–Kier alpha value is -1.61. The number of fused-ring (bicyclic) bond motifs is 5. The SMILES string of the molecule is [2H]C([2H])([2H])C([2H])([2H])C(=O)O[C@]1(C(=O)SCF)[C@H](C)C[C@H]2C3C[C@H](F)C4=CC(=O)C=C[C@]4(C)[C@@]3(F)[C@@H](O)C[C@@]21C. The van der Waals surface area contributed by atoms with Crippen LogP contribution >= 0.6 is 11.8 Å². The Morgan fingerprint density at radius 3 is 2.71 bits per heavy atom. The van der Waals surface area contributed by atoms with Crippen LogP contribution in [0.15, 0.2) is 23.8 Å². The number of allylic oxidation sites excluding steroid dienone is 4. The third-order valence-corrected chi connectivity index (χ3v) is 9.69. The number of carbonyl (C=O) groups excluding carboxylic acids is 3. The maximum absolute atomic E-state index is 17.4. The van der Waals surface area contributed by atoms with Crippen molar-refractivity contribution in [2.24, 2.45) is 28.6 Å². The van der Waals surface area contributed by atoms with Gasteiger partial charge in [-0.3, -0.25) is 14.4 Å². The molecule has 4 rings (SSSR count). The number of halogens is 3. The number of carbonyl (C=O) groups is 3. The van der Waals surface area contributed by atoms with Crippen molar-refractivity contribution in [2.45, 2.75) is 76.8 Å². The predicted molar refractivity (Wildman–Crippen MR) is 121 cm³/mol. The number of hydrogen-bond donors (Lipinski definition) is 1. The van der Waals surface area contributed by atoms with Gasteiger partial charge in [-0.1, -0.05) is 26.8 Å². The highest BCUT2D eigenvalue weighted by molar-refractivity contribution is 8.13. The summed E-state index contributed by atoms with van der Waals surface area (Å²) in [5, 5.41) is 10.4. The van der Waals surface area contributed by atoms with Crippen LogP contribution in [0.1, 0.15) is 60.1 Å². The molecular weight excluding hydrogens is 469 g/mol. The Kier molecular flexibility index (Phi) is 4.73. The van der Waals surface area contributed by atoms with Crippen molar-refractivity contribution < 1.29 is 44.3 Å². The van der Waals surface area contributed by atoms with Crippen LogP contribution in [-0.2, 0) is 19.1 Å². The highest BCUT2D eigenvalue weighted by Gasteiger charge is 2.78. The van der Waals surface area contributed by atoms with Gasteiger partial charge in [0.05, 0.1) is 6.10 Å². The number of ketones is 1. The molecule has 1 N–H and O–H groups in total. The van der Waals surface area contributed by atoms with Gasteiger partial charge in [0.25, 0.3) is 0 Å². The van der Waals surface area contributed by atoms with Gasteiger partial charge in [-0.25, -0.2) is 13.2 Å². The molecule has 5 nitrogen and oxygen atoms in total. The minimum atomic E-state index is -3.53. The molecule has 0 amide bonds. The molecule has 1 unspecified atom stereocenters. The molecule has 0 radical (unpaired) electrons. The maximum Gasteiger partial charge on any atom is 0.306 e. The first-order chi connectivity index (χ1) is 17.8. The molecule has 188 valence electrons. The van der Waals surface area contributed by atoms with Gasteiger partial charge in [0.2, 0.25) is 5.12 Å². The Labute approximate surface area is 208 Å². The van der Waals surface area contributed by atoms with Crippen LogP contribution in [0.3, 0.4) is 0 Å². The van der Waals surface area contributed by atoms with Crippen LogP contribution in [0.25, 0.3) is 0 Å². The second kappa shape index (κ2) is 8.22. The lowest BCUT2D eigenvalue weighted by Gasteiger charge is -2.63. The number of hydrogen-bond acceptors (Lipinski definition) is 6. The van der Waals surface area contributed by atoms with E-state index < -0.39 is 101 Å². The van der Waals surface area contributed by atoms with Gasteiger partial charge in [0, 0.05) is 35.9 Å². The van der Waals surface area contributed by atoms with E-state index in [9.17, 15) is 23.9 Å². The summed E-state index contributed by atoms with van der Waals surface area (Å²) >= 11 is 0.140. The standard InChI is InChI=1S/C25H31F3O5S/c1-5-20(31)33-25(21(32)34-12-26)13(2)8-15-16-10-18(27)17-9-14(29)6-7-22(17,3)24(16,28)19(30)11-23(15,25)4/h6-7,9,13,15-16,18-19,30H,5,8,10-12H2,1-4H3/t13-,15+,16?,18+,19+,22+,23+,24+,25+/m1/s1/i1D3,5D2. The first-order valence-electron chi connectivity index (χ1n) is 13.7. The van der Waals surface area contributed by atoms with E-state index in [0.29, 0.717) is 0 Å². The summed E-state index contributed by atoms with van der Waals surface area (Å²) in [5.74, 6) is -5.53. The Morgan fingerprint density at radius 1 is 1.35 bits per heavy atom. The molecule has 4 aliphatic rings. The van der Waals surface area contributed by atoms with E-state index in [1.165, 1.54) is 26.8 Å². The zero-order valence-electron chi connectivity index (χ0n) is 24.1. The summed E-state index contributed by atoms with van der Waals surface area (Å²) in [6.45, 7) is 0.830. The number of alkyl halides is 3. The number of rotatable bonds is 4. The van der Waals surface area contributed by atoms with Gasteiger partial charge in [-0.15, -0.1) is 0 Å². The van der Waals surface area contributed by atoms with E-state index >= 15 is 8.78 Å². The van der Waals surface area contributed by atoms with Crippen molar-refractivity contribution in [2.75, 3.05) is 6.01 Å². The summed E-state index contributed by atoms with van der Waals surface area (Å²) in [7, 11) is 0. The lowest BCUT2D eigenvalue weighted by atomic mass is 9.44. The molecule has 0 aromatic rings. The first kappa shape index (κ1) is 19.6. The van der Waals surface area contributed by atoms with E-state index in [1.807, 2.05) is 0 Å². The molecule has 3 saturated carbocycles. The quantitative estimate of drug-likeness (QED) is 0.570. The van der Waals surface area contributed by atoms with Gasteiger partial charge >= 0.3 is 5.97 Å². The van der Waals surface area contributed by atoms with E-state index in [-0.39, 0.29) is 23.8 Å². The molecule has 0 bridgehead atoms. The predicted octanol–water partition coefficient (Wildman–Crippen LogP) is 4.43. The zero-order valence-corrected chi connectivity index (χ0v) is 19.9. The zero-order chi connectivity index (χ0) is 29.6. The molecule has 0 aromatic carbocycles. The fraction of sp³-hybridized carbons (Fsp3) is 0.720. The normalized spacial score (nSPS) is 50.3. The highest BCUT2D eigenvalue weighted by Crippen LogP contribution is 2.72. The maximum atomic E-state index is 17.4. The van der Waals surface area contributed by atoms with Crippen LogP contribution in [0.2, 0.25) is 0 Å². The Morgan fingerprint density at radius 2 is 2.06 bits per heavy atom. The molecule has 0 aromatic heterocycles. The second-order valence-electron chi connectivity index (χ2n) is 10.3. The lowest BCUT2D eigenvalue weighted by Crippen LogP contribution is -2.70. The summed E-state index contributed by atoms with van der Waals surface area (Å²) in [4.78, 5) is 38.6. The van der Waals surface area contributed by atoms with Crippen LogP contribution < -0.4 is 0 Å². The number of thioether (sulfide) groups is 1. The largest absolute Gasteiger partial charge is 0.449 e. The van der Waals surface area contributed by atoms with E-state index in [1.54, 1.807) is 0 Å². The smallest absolute Gasteiger partial charge is 0.306 e. The summed E-state index contributed by atoms with van der Waals surface area (Å²) in [5.41, 5.74) is -8.28. The number of esters is 1. The van der Waals surface area contributed by atoms with Crippen molar-refractivity contribution >= 4 is 28.6 Å². The molecule has 9 atom stereocenters. The second-order valence-corrected chi connectivity index (χ2v) is 11.2. The minimum absolute atomic E-state index is 0.0350. The van der Waals surface area contributed by atoms with Gasteiger partial charge in [0.15, 0.2) is 17.1 Å².